The molecule has 0 bridgehead atoms. The lowest BCUT2D eigenvalue weighted by Gasteiger charge is -2.15. The van der Waals surface area contributed by atoms with E-state index in [9.17, 15) is 13.6 Å². The molecule has 1 aromatic carbocycles. The maximum atomic E-state index is 13.5. The minimum Gasteiger partial charge on any atom is -0.494 e. The second kappa shape index (κ2) is 10.0. The lowest BCUT2D eigenvalue weighted by molar-refractivity contribution is 0.102. The highest BCUT2D eigenvalue weighted by atomic mass is 32.1. The summed E-state index contributed by atoms with van der Waals surface area (Å²) in [6.07, 6.45) is 0.612. The third kappa shape index (κ3) is 5.22. The number of methoxy groups -OCH3 is 1. The van der Waals surface area contributed by atoms with E-state index in [2.05, 4.69) is 42.5 Å². The van der Waals surface area contributed by atoms with Crippen LogP contribution in [0.5, 0.6) is 5.75 Å². The lowest BCUT2D eigenvalue weighted by Crippen LogP contribution is -2.13. The number of carbonyl (C=O) groups excluding carboxylic acids is 1. The monoisotopic (exact) mass is 524 g/mol. The third-order valence-electron chi connectivity index (χ3n) is 5.27. The fourth-order valence-electron chi connectivity index (χ4n) is 3.34. The zero-order valence-corrected chi connectivity index (χ0v) is 20.7. The van der Waals surface area contributed by atoms with E-state index in [1.54, 1.807) is 18.2 Å². The van der Waals surface area contributed by atoms with E-state index in [1.807, 2.05) is 6.92 Å². The molecular formula is C24H18F2N6O2S2. The molecule has 0 aliphatic heterocycles. The summed E-state index contributed by atoms with van der Waals surface area (Å²) in [4.78, 5) is 17.1. The minimum atomic E-state index is -2.79. The molecule has 0 spiro atoms. The van der Waals surface area contributed by atoms with Gasteiger partial charge in [0.1, 0.15) is 21.5 Å². The van der Waals surface area contributed by atoms with E-state index in [-0.39, 0.29) is 16.4 Å². The average molecular weight is 525 g/mol. The summed E-state index contributed by atoms with van der Waals surface area (Å²) < 4.78 is 32.4. The van der Waals surface area contributed by atoms with Crippen LogP contribution in [0.15, 0.2) is 30.5 Å². The number of nitrogens with zero attached hydrogens (tertiary/aromatic N) is 5. The summed E-state index contributed by atoms with van der Waals surface area (Å²) in [7, 11) is 1.41. The summed E-state index contributed by atoms with van der Waals surface area (Å²) in [6, 6.07) is 6.26. The highest BCUT2D eigenvalue weighted by molar-refractivity contribution is 7.16. The van der Waals surface area contributed by atoms with Crippen molar-refractivity contribution in [3.8, 4) is 39.3 Å². The van der Waals surface area contributed by atoms with Gasteiger partial charge in [-0.2, -0.15) is 0 Å². The van der Waals surface area contributed by atoms with Crippen molar-refractivity contribution in [1.82, 2.24) is 25.4 Å². The molecule has 3 heterocycles. The standard InChI is InChI=1S/C24H18F2N6O2S2/c1-12-29-31-23(35-12)14-6-7-15(16(9-14)17-10-18(21(25)26)27-11-19(17)34-2)22(33)28-24-32-30-20(36-24)8-5-13-3-4-13/h6-7,9-11,13,21H,3-4H2,1-2H3,(H,28,32,33). The Morgan fingerprint density at radius 3 is 2.67 bits per heavy atom. The fraction of sp³-hybridized carbons (Fsp3) is 0.250. The molecule has 3 aromatic heterocycles. The van der Waals surface area contributed by atoms with E-state index < -0.39 is 18.0 Å². The van der Waals surface area contributed by atoms with Gasteiger partial charge in [-0.3, -0.25) is 15.1 Å². The van der Waals surface area contributed by atoms with Crippen molar-refractivity contribution in [2.45, 2.75) is 26.2 Å². The van der Waals surface area contributed by atoms with Crippen LogP contribution in [0.1, 0.15) is 45.3 Å². The molecule has 4 aromatic rings. The van der Waals surface area contributed by atoms with Crippen LogP contribution in [-0.2, 0) is 0 Å². The van der Waals surface area contributed by atoms with Gasteiger partial charge in [-0.15, -0.1) is 20.4 Å². The number of amides is 1. The number of pyridine rings is 1. The Morgan fingerprint density at radius 1 is 1.14 bits per heavy atom. The smallest absolute Gasteiger partial charge is 0.280 e. The molecule has 0 radical (unpaired) electrons. The Kier molecular flexibility index (Phi) is 6.67. The molecule has 1 amide bonds. The van der Waals surface area contributed by atoms with Gasteiger partial charge in [0.2, 0.25) is 5.13 Å². The van der Waals surface area contributed by atoms with E-state index >= 15 is 0 Å². The topological polar surface area (TPSA) is 103 Å². The van der Waals surface area contributed by atoms with Crippen LogP contribution in [0.4, 0.5) is 13.9 Å². The molecule has 1 N–H and O–H groups in total. The van der Waals surface area contributed by atoms with Gasteiger partial charge in [-0.05, 0) is 49.4 Å². The molecular weight excluding hydrogens is 506 g/mol. The van der Waals surface area contributed by atoms with E-state index in [0.717, 1.165) is 17.8 Å². The van der Waals surface area contributed by atoms with Crippen molar-refractivity contribution >= 4 is 33.7 Å². The number of anilines is 1. The predicted octanol–water partition coefficient (Wildman–Crippen LogP) is 5.39. The lowest BCUT2D eigenvalue weighted by atomic mass is 9.96. The van der Waals surface area contributed by atoms with Crippen molar-refractivity contribution in [3.05, 3.63) is 51.7 Å². The zero-order chi connectivity index (χ0) is 25.2. The highest BCUT2D eigenvalue weighted by Crippen LogP contribution is 2.38. The average Bonchev–Trinajstić information content (AvgIpc) is 3.44. The molecule has 182 valence electrons. The van der Waals surface area contributed by atoms with Gasteiger partial charge in [0, 0.05) is 22.6 Å². The van der Waals surface area contributed by atoms with Gasteiger partial charge in [-0.1, -0.05) is 34.7 Å². The first-order valence-electron chi connectivity index (χ1n) is 10.8. The van der Waals surface area contributed by atoms with Gasteiger partial charge in [0.05, 0.1) is 13.3 Å². The molecule has 36 heavy (non-hydrogen) atoms. The molecule has 0 atom stereocenters. The number of rotatable bonds is 6. The number of aromatic nitrogens is 5. The largest absolute Gasteiger partial charge is 0.494 e. The summed E-state index contributed by atoms with van der Waals surface area (Å²) in [5, 5.41) is 21.2. The minimum absolute atomic E-state index is 0.227. The van der Waals surface area contributed by atoms with Gasteiger partial charge < -0.3 is 4.74 Å². The Labute approximate surface area is 212 Å². The van der Waals surface area contributed by atoms with Crippen LogP contribution in [0, 0.1) is 24.7 Å². The molecule has 8 nitrogen and oxygen atoms in total. The van der Waals surface area contributed by atoms with Crippen molar-refractivity contribution in [2.24, 2.45) is 5.92 Å². The first-order chi connectivity index (χ1) is 17.4. The molecule has 12 heteroatoms. The number of benzene rings is 1. The SMILES string of the molecule is COc1cnc(C(F)F)cc1-c1cc(-c2nnc(C)s2)ccc1C(=O)Nc1nnc(C#CC2CC2)s1. The van der Waals surface area contributed by atoms with E-state index in [1.165, 1.54) is 42.0 Å². The first-order valence-corrected chi connectivity index (χ1v) is 12.5. The Hall–Kier alpha value is -3.82. The van der Waals surface area contributed by atoms with Crippen LogP contribution in [0.3, 0.4) is 0 Å². The number of aryl methyl sites for hydroxylation is 1. The van der Waals surface area contributed by atoms with Crippen molar-refractivity contribution in [1.29, 1.82) is 0 Å². The van der Waals surface area contributed by atoms with Crippen LogP contribution in [-0.4, -0.2) is 38.4 Å². The van der Waals surface area contributed by atoms with Crippen LogP contribution < -0.4 is 10.1 Å². The maximum Gasteiger partial charge on any atom is 0.280 e. The van der Waals surface area contributed by atoms with Crippen molar-refractivity contribution in [3.63, 3.8) is 0 Å². The molecule has 1 aliphatic carbocycles. The summed E-state index contributed by atoms with van der Waals surface area (Å²) in [6.45, 7) is 1.83. The van der Waals surface area contributed by atoms with Crippen molar-refractivity contribution in [2.75, 3.05) is 12.4 Å². The van der Waals surface area contributed by atoms with Gasteiger partial charge in [0.15, 0.2) is 5.01 Å². The Balaban J connectivity index is 1.55. The number of ether oxygens (including phenoxy) is 1. The number of carbonyl (C=O) groups is 1. The highest BCUT2D eigenvalue weighted by Gasteiger charge is 2.22. The number of alkyl halides is 2. The van der Waals surface area contributed by atoms with Crippen molar-refractivity contribution < 1.29 is 18.3 Å². The predicted molar refractivity (Wildman–Crippen MR) is 132 cm³/mol. The Bertz CT molecular complexity index is 1500. The first kappa shape index (κ1) is 23.9. The Morgan fingerprint density at radius 2 is 1.97 bits per heavy atom. The fourth-order valence-corrected chi connectivity index (χ4v) is 4.63. The van der Waals surface area contributed by atoms with Crippen LogP contribution in [0.2, 0.25) is 0 Å². The zero-order valence-electron chi connectivity index (χ0n) is 19.1. The number of halogens is 2. The third-order valence-corrected chi connectivity index (χ3v) is 6.91. The van der Waals surface area contributed by atoms with Crippen LogP contribution >= 0.6 is 22.7 Å². The molecule has 0 unspecified atom stereocenters. The van der Waals surface area contributed by atoms with Gasteiger partial charge >= 0.3 is 0 Å². The second-order valence-electron chi connectivity index (χ2n) is 7.91. The molecule has 5 rings (SSSR count). The molecule has 0 saturated heterocycles. The molecule has 1 saturated carbocycles. The van der Waals surface area contributed by atoms with Gasteiger partial charge in [-0.25, -0.2) is 8.78 Å². The van der Waals surface area contributed by atoms with E-state index in [0.29, 0.717) is 32.6 Å². The maximum absolute atomic E-state index is 13.5. The summed E-state index contributed by atoms with van der Waals surface area (Å²) in [5.74, 6) is 6.25. The quantitative estimate of drug-likeness (QED) is 0.338. The van der Waals surface area contributed by atoms with Crippen LogP contribution in [0.25, 0.3) is 21.7 Å². The summed E-state index contributed by atoms with van der Waals surface area (Å²) in [5.41, 5.74) is 1.14. The molecule has 1 aliphatic rings. The van der Waals surface area contributed by atoms with E-state index in [4.69, 9.17) is 4.74 Å². The second-order valence-corrected chi connectivity index (χ2v) is 10.1. The number of hydrogen-bond acceptors (Lipinski definition) is 9. The number of hydrogen-bond donors (Lipinski definition) is 1. The number of nitrogens with one attached hydrogen (secondary N) is 1. The van der Waals surface area contributed by atoms with Gasteiger partial charge in [0.25, 0.3) is 12.3 Å². The normalized spacial score (nSPS) is 12.8. The summed E-state index contributed by atoms with van der Waals surface area (Å²) >= 11 is 2.54. The molecule has 1 fully saturated rings.